The highest BCUT2D eigenvalue weighted by atomic mass is 35.5. The zero-order valence-corrected chi connectivity index (χ0v) is 8.77. The van der Waals surface area contributed by atoms with E-state index < -0.39 is 5.97 Å². The Balaban J connectivity index is 2.59. The van der Waals surface area contributed by atoms with Crippen LogP contribution < -0.4 is 5.32 Å². The van der Waals surface area contributed by atoms with E-state index in [0.29, 0.717) is 22.3 Å². The third kappa shape index (κ3) is 3.09. The maximum Gasteiger partial charge on any atom is 0.305 e. The van der Waals surface area contributed by atoms with Gasteiger partial charge in [0.1, 0.15) is 0 Å². The number of hydrogen-bond donors (Lipinski definition) is 2. The van der Waals surface area contributed by atoms with Crippen molar-refractivity contribution in [2.24, 2.45) is 0 Å². The molecule has 0 aliphatic heterocycles. The first-order chi connectivity index (χ1) is 6.61. The predicted molar refractivity (Wildman–Crippen MR) is 57.2 cm³/mol. The first-order valence-electron chi connectivity index (χ1n) is 4.01. The summed E-state index contributed by atoms with van der Waals surface area (Å²) in [6.45, 7) is 0.329. The molecular formula is C9H9Cl2NO2. The molecule has 1 aromatic rings. The molecule has 0 aliphatic carbocycles. The molecule has 0 amide bonds. The molecule has 0 radical (unpaired) electrons. The first-order valence-corrected chi connectivity index (χ1v) is 4.76. The third-order valence-corrected chi connectivity index (χ3v) is 2.42. The van der Waals surface area contributed by atoms with Crippen molar-refractivity contribution in [3.63, 3.8) is 0 Å². The van der Waals surface area contributed by atoms with Crippen molar-refractivity contribution in [2.45, 2.75) is 6.42 Å². The molecular weight excluding hydrogens is 225 g/mol. The van der Waals surface area contributed by atoms with Crippen molar-refractivity contribution in [2.75, 3.05) is 11.9 Å². The van der Waals surface area contributed by atoms with E-state index >= 15 is 0 Å². The minimum absolute atomic E-state index is 0.0445. The van der Waals surface area contributed by atoms with Gasteiger partial charge in [-0.2, -0.15) is 0 Å². The molecule has 2 N–H and O–H groups in total. The SMILES string of the molecule is O=C(O)CCNc1cccc(Cl)c1Cl. The normalized spacial score (nSPS) is 9.86. The van der Waals surface area contributed by atoms with Crippen LogP contribution in [0.15, 0.2) is 18.2 Å². The smallest absolute Gasteiger partial charge is 0.305 e. The van der Waals surface area contributed by atoms with Crippen LogP contribution in [0.1, 0.15) is 6.42 Å². The lowest BCUT2D eigenvalue weighted by Crippen LogP contribution is -2.07. The summed E-state index contributed by atoms with van der Waals surface area (Å²) in [7, 11) is 0. The minimum Gasteiger partial charge on any atom is -0.481 e. The Labute approximate surface area is 91.6 Å². The highest BCUT2D eigenvalue weighted by molar-refractivity contribution is 6.43. The van der Waals surface area contributed by atoms with E-state index in [1.165, 1.54) is 0 Å². The molecule has 0 heterocycles. The van der Waals surface area contributed by atoms with E-state index in [9.17, 15) is 4.79 Å². The average molecular weight is 234 g/mol. The van der Waals surface area contributed by atoms with E-state index in [2.05, 4.69) is 5.32 Å². The fourth-order valence-corrected chi connectivity index (χ4v) is 1.31. The quantitative estimate of drug-likeness (QED) is 0.841. The highest BCUT2D eigenvalue weighted by Crippen LogP contribution is 2.29. The molecule has 1 rings (SSSR count). The van der Waals surface area contributed by atoms with E-state index in [0.717, 1.165) is 0 Å². The topological polar surface area (TPSA) is 49.3 Å². The Kier molecular flexibility index (Phi) is 4.04. The van der Waals surface area contributed by atoms with Crippen LogP contribution in [0.4, 0.5) is 5.69 Å². The number of nitrogens with one attached hydrogen (secondary N) is 1. The summed E-state index contributed by atoms with van der Waals surface area (Å²) >= 11 is 11.6. The molecule has 14 heavy (non-hydrogen) atoms. The number of benzene rings is 1. The third-order valence-electron chi connectivity index (χ3n) is 1.61. The van der Waals surface area contributed by atoms with Crippen molar-refractivity contribution in [3.05, 3.63) is 28.2 Å². The minimum atomic E-state index is -0.851. The van der Waals surface area contributed by atoms with Crippen LogP contribution in [-0.4, -0.2) is 17.6 Å². The van der Waals surface area contributed by atoms with Crippen LogP contribution in [-0.2, 0) is 4.79 Å². The van der Waals surface area contributed by atoms with Gasteiger partial charge < -0.3 is 10.4 Å². The first kappa shape index (κ1) is 11.1. The van der Waals surface area contributed by atoms with Gasteiger partial charge >= 0.3 is 5.97 Å². The van der Waals surface area contributed by atoms with Gasteiger partial charge in [-0.25, -0.2) is 0 Å². The lowest BCUT2D eigenvalue weighted by atomic mass is 10.3. The molecule has 0 spiro atoms. The second kappa shape index (κ2) is 5.08. The van der Waals surface area contributed by atoms with Gasteiger partial charge in [-0.1, -0.05) is 29.3 Å². The Morgan fingerprint density at radius 1 is 1.43 bits per heavy atom. The van der Waals surface area contributed by atoms with E-state index in [-0.39, 0.29) is 6.42 Å². The molecule has 0 aromatic heterocycles. The number of anilines is 1. The van der Waals surface area contributed by atoms with Crippen molar-refractivity contribution < 1.29 is 9.90 Å². The van der Waals surface area contributed by atoms with Crippen molar-refractivity contribution in [1.29, 1.82) is 0 Å². The number of carbonyl (C=O) groups is 1. The second-order valence-electron chi connectivity index (χ2n) is 2.67. The van der Waals surface area contributed by atoms with Gasteiger partial charge in [0.2, 0.25) is 0 Å². The molecule has 0 fully saturated rings. The maximum atomic E-state index is 10.2. The van der Waals surface area contributed by atoms with Gasteiger partial charge in [0.15, 0.2) is 0 Å². The van der Waals surface area contributed by atoms with Gasteiger partial charge in [-0.3, -0.25) is 4.79 Å². The summed E-state index contributed by atoms with van der Waals surface area (Å²) in [6, 6.07) is 5.17. The molecule has 5 heteroatoms. The zero-order valence-electron chi connectivity index (χ0n) is 7.26. The average Bonchev–Trinajstić information content (AvgIpc) is 2.12. The summed E-state index contributed by atoms with van der Waals surface area (Å²) < 4.78 is 0. The van der Waals surface area contributed by atoms with E-state index in [1.807, 2.05) is 0 Å². The lowest BCUT2D eigenvalue weighted by molar-refractivity contribution is -0.136. The molecule has 0 aliphatic rings. The van der Waals surface area contributed by atoms with Crippen molar-refractivity contribution in [1.82, 2.24) is 0 Å². The van der Waals surface area contributed by atoms with Gasteiger partial charge in [0, 0.05) is 6.54 Å². The van der Waals surface area contributed by atoms with Crippen LogP contribution in [0.25, 0.3) is 0 Å². The molecule has 76 valence electrons. The number of carboxylic acids is 1. The van der Waals surface area contributed by atoms with Gasteiger partial charge in [-0.15, -0.1) is 0 Å². The van der Waals surface area contributed by atoms with Gasteiger partial charge in [-0.05, 0) is 12.1 Å². The van der Waals surface area contributed by atoms with Crippen molar-refractivity contribution >= 4 is 34.9 Å². The number of carboxylic acid groups (broad SMARTS) is 1. The fourth-order valence-electron chi connectivity index (χ4n) is 0.944. The Bertz CT molecular complexity index is 342. The predicted octanol–water partition coefficient (Wildman–Crippen LogP) is 2.88. The van der Waals surface area contributed by atoms with E-state index in [1.54, 1.807) is 18.2 Å². The number of aliphatic carboxylic acids is 1. The fraction of sp³-hybridized carbons (Fsp3) is 0.222. The molecule has 0 saturated carbocycles. The van der Waals surface area contributed by atoms with E-state index in [4.69, 9.17) is 28.3 Å². The Morgan fingerprint density at radius 2 is 2.14 bits per heavy atom. The van der Waals surface area contributed by atoms with Crippen LogP contribution in [0.3, 0.4) is 0 Å². The number of hydrogen-bond acceptors (Lipinski definition) is 2. The number of rotatable bonds is 4. The summed E-state index contributed by atoms with van der Waals surface area (Å²) in [5, 5.41) is 12.2. The monoisotopic (exact) mass is 233 g/mol. The van der Waals surface area contributed by atoms with Crippen LogP contribution >= 0.6 is 23.2 Å². The zero-order chi connectivity index (χ0) is 10.6. The van der Waals surface area contributed by atoms with Crippen molar-refractivity contribution in [3.8, 4) is 0 Å². The standard InChI is InChI=1S/C9H9Cl2NO2/c10-6-2-1-3-7(9(6)11)12-5-4-8(13)14/h1-3,12H,4-5H2,(H,13,14). The number of halogens is 2. The molecule has 0 bridgehead atoms. The molecule has 0 unspecified atom stereocenters. The summed E-state index contributed by atoms with van der Waals surface area (Å²) in [6.07, 6.45) is 0.0445. The Morgan fingerprint density at radius 3 is 2.79 bits per heavy atom. The molecule has 3 nitrogen and oxygen atoms in total. The molecule has 0 atom stereocenters. The molecule has 0 saturated heterocycles. The largest absolute Gasteiger partial charge is 0.481 e. The van der Waals surface area contributed by atoms with Crippen LogP contribution in [0.2, 0.25) is 10.0 Å². The Hall–Kier alpha value is -0.930. The molecule has 1 aromatic carbocycles. The highest BCUT2D eigenvalue weighted by Gasteiger charge is 2.03. The summed E-state index contributed by atoms with van der Waals surface area (Å²) in [4.78, 5) is 10.2. The van der Waals surface area contributed by atoms with Crippen LogP contribution in [0.5, 0.6) is 0 Å². The van der Waals surface area contributed by atoms with Gasteiger partial charge in [0.05, 0.1) is 22.2 Å². The lowest BCUT2D eigenvalue weighted by Gasteiger charge is -2.07. The van der Waals surface area contributed by atoms with Crippen LogP contribution in [0, 0.1) is 0 Å². The van der Waals surface area contributed by atoms with Gasteiger partial charge in [0.25, 0.3) is 0 Å². The maximum absolute atomic E-state index is 10.2. The summed E-state index contributed by atoms with van der Waals surface area (Å²) in [5.41, 5.74) is 0.653. The second-order valence-corrected chi connectivity index (χ2v) is 3.46. The summed E-state index contributed by atoms with van der Waals surface area (Å²) in [5.74, 6) is -0.851.